The highest BCUT2D eigenvalue weighted by Crippen LogP contribution is 2.35. The summed E-state index contributed by atoms with van der Waals surface area (Å²) in [4.78, 5) is 13.3. The molecule has 4 nitrogen and oxygen atoms in total. The maximum Gasteiger partial charge on any atom is 0.265 e. The monoisotopic (exact) mass is 316 g/mol. The van der Waals surface area contributed by atoms with Gasteiger partial charge in [0.1, 0.15) is 5.75 Å². The van der Waals surface area contributed by atoms with Gasteiger partial charge in [-0.15, -0.1) is 11.3 Å². The summed E-state index contributed by atoms with van der Waals surface area (Å²) in [6.07, 6.45) is 1.29. The van der Waals surface area contributed by atoms with Gasteiger partial charge in [-0.05, 0) is 42.6 Å². The number of anilines is 1. The molecule has 1 amide bonds. The van der Waals surface area contributed by atoms with Gasteiger partial charge in [0.05, 0.1) is 11.7 Å². The largest absolute Gasteiger partial charge is 0.478 e. The highest BCUT2D eigenvalue weighted by molar-refractivity contribution is 7.10. The van der Waals surface area contributed by atoms with Crippen molar-refractivity contribution in [1.82, 2.24) is 5.32 Å². The van der Waals surface area contributed by atoms with Gasteiger partial charge in [0, 0.05) is 4.88 Å². The lowest BCUT2D eigenvalue weighted by molar-refractivity contribution is -0.123. The number of nitrogens with one attached hydrogen (secondary N) is 2. The van der Waals surface area contributed by atoms with Crippen LogP contribution in [0.1, 0.15) is 36.2 Å². The zero-order valence-electron chi connectivity index (χ0n) is 12.8. The van der Waals surface area contributed by atoms with Gasteiger partial charge in [0.25, 0.3) is 5.91 Å². The van der Waals surface area contributed by atoms with Crippen molar-refractivity contribution in [2.45, 2.75) is 31.9 Å². The molecular weight excluding hydrogens is 296 g/mol. The highest BCUT2D eigenvalue weighted by atomic mass is 32.1. The van der Waals surface area contributed by atoms with Gasteiger partial charge in [-0.1, -0.05) is 25.5 Å². The predicted octanol–water partition coefficient (Wildman–Crippen LogP) is 3.56. The van der Waals surface area contributed by atoms with E-state index in [9.17, 15) is 4.79 Å². The fraction of sp³-hybridized carbons (Fsp3) is 0.353. The predicted molar refractivity (Wildman–Crippen MR) is 89.6 cm³/mol. The van der Waals surface area contributed by atoms with E-state index in [4.69, 9.17) is 4.74 Å². The zero-order chi connectivity index (χ0) is 15.5. The van der Waals surface area contributed by atoms with Crippen molar-refractivity contribution < 1.29 is 9.53 Å². The molecule has 2 atom stereocenters. The second-order valence-electron chi connectivity index (χ2n) is 5.38. The van der Waals surface area contributed by atoms with Gasteiger partial charge >= 0.3 is 0 Å². The van der Waals surface area contributed by atoms with E-state index in [-0.39, 0.29) is 18.1 Å². The number of rotatable bonds is 5. The van der Waals surface area contributed by atoms with E-state index in [1.807, 2.05) is 32.2 Å². The molecule has 0 saturated heterocycles. The number of ether oxygens (including phenoxy) is 1. The van der Waals surface area contributed by atoms with Crippen LogP contribution in [-0.4, -0.2) is 19.1 Å². The molecule has 1 aliphatic rings. The van der Waals surface area contributed by atoms with E-state index in [0.717, 1.165) is 29.8 Å². The standard InChI is InChI=1S/C17H20N2O2S/c1-3-5-14-17(20)19-12-10-11(7-8-13(12)21-14)16(18-2)15-6-4-9-22-15/h4,6-10,14,16,18H,3,5H2,1-2H3,(H,19,20). The van der Waals surface area contributed by atoms with Crippen LogP contribution in [0.4, 0.5) is 5.69 Å². The normalized spacial score (nSPS) is 18.3. The summed E-state index contributed by atoms with van der Waals surface area (Å²) < 4.78 is 5.81. The molecule has 1 aromatic carbocycles. The number of fused-ring (bicyclic) bond motifs is 1. The van der Waals surface area contributed by atoms with Crippen molar-refractivity contribution in [2.75, 3.05) is 12.4 Å². The quantitative estimate of drug-likeness (QED) is 0.887. The van der Waals surface area contributed by atoms with Crippen molar-refractivity contribution in [2.24, 2.45) is 0 Å². The number of hydrogen-bond donors (Lipinski definition) is 2. The van der Waals surface area contributed by atoms with E-state index in [2.05, 4.69) is 28.1 Å². The highest BCUT2D eigenvalue weighted by Gasteiger charge is 2.27. The maximum absolute atomic E-state index is 12.1. The second-order valence-corrected chi connectivity index (χ2v) is 6.36. The molecule has 0 spiro atoms. The first-order valence-electron chi connectivity index (χ1n) is 7.55. The third-order valence-corrected chi connectivity index (χ3v) is 4.76. The summed E-state index contributed by atoms with van der Waals surface area (Å²) in [6, 6.07) is 10.3. The van der Waals surface area contributed by atoms with Crippen LogP contribution in [-0.2, 0) is 4.79 Å². The summed E-state index contributed by atoms with van der Waals surface area (Å²) in [5.74, 6) is 0.700. The molecule has 116 valence electrons. The average Bonchev–Trinajstić information content (AvgIpc) is 3.03. The molecule has 5 heteroatoms. The lowest BCUT2D eigenvalue weighted by Crippen LogP contribution is -2.36. The first-order chi connectivity index (χ1) is 10.7. The second kappa shape index (κ2) is 6.50. The summed E-state index contributed by atoms with van der Waals surface area (Å²) >= 11 is 1.71. The molecule has 2 N–H and O–H groups in total. The molecule has 3 rings (SSSR count). The Morgan fingerprint density at radius 1 is 1.41 bits per heavy atom. The Morgan fingerprint density at radius 2 is 2.27 bits per heavy atom. The van der Waals surface area contributed by atoms with Crippen LogP contribution in [0.15, 0.2) is 35.7 Å². The first-order valence-corrected chi connectivity index (χ1v) is 8.43. The number of thiophene rings is 1. The molecular formula is C17H20N2O2S. The third-order valence-electron chi connectivity index (χ3n) is 3.82. The van der Waals surface area contributed by atoms with E-state index >= 15 is 0 Å². The smallest absolute Gasteiger partial charge is 0.265 e. The number of carbonyl (C=O) groups is 1. The van der Waals surface area contributed by atoms with Gasteiger partial charge in [-0.2, -0.15) is 0 Å². The minimum absolute atomic E-state index is 0.0522. The third kappa shape index (κ3) is 2.87. The summed E-state index contributed by atoms with van der Waals surface area (Å²) in [6.45, 7) is 2.05. The van der Waals surface area contributed by atoms with Crippen LogP contribution in [0.3, 0.4) is 0 Å². The van der Waals surface area contributed by atoms with Crippen LogP contribution >= 0.6 is 11.3 Å². The SMILES string of the molecule is CCCC1Oc2ccc(C(NC)c3cccs3)cc2NC1=O. The van der Waals surface area contributed by atoms with E-state index < -0.39 is 0 Å². The lowest BCUT2D eigenvalue weighted by atomic mass is 10.0. The van der Waals surface area contributed by atoms with E-state index in [1.54, 1.807) is 11.3 Å². The molecule has 2 unspecified atom stereocenters. The summed E-state index contributed by atoms with van der Waals surface area (Å²) in [7, 11) is 1.94. The van der Waals surface area contributed by atoms with Gasteiger partial charge in [0.2, 0.25) is 0 Å². The van der Waals surface area contributed by atoms with Gasteiger partial charge < -0.3 is 15.4 Å². The van der Waals surface area contributed by atoms with Crippen molar-refractivity contribution in [1.29, 1.82) is 0 Å². The molecule has 0 saturated carbocycles. The van der Waals surface area contributed by atoms with Gasteiger partial charge in [0.15, 0.2) is 6.10 Å². The van der Waals surface area contributed by atoms with E-state index in [1.165, 1.54) is 4.88 Å². The zero-order valence-corrected chi connectivity index (χ0v) is 13.6. The topological polar surface area (TPSA) is 50.4 Å². The summed E-state index contributed by atoms with van der Waals surface area (Å²) in [5.41, 5.74) is 1.87. The Hall–Kier alpha value is -1.85. The molecule has 2 aromatic rings. The van der Waals surface area contributed by atoms with Crippen molar-refractivity contribution in [3.05, 3.63) is 46.2 Å². The molecule has 0 radical (unpaired) electrons. The van der Waals surface area contributed by atoms with Gasteiger partial charge in [-0.25, -0.2) is 0 Å². The van der Waals surface area contributed by atoms with Gasteiger partial charge in [-0.3, -0.25) is 4.79 Å². The Bertz CT molecular complexity index is 655. The van der Waals surface area contributed by atoms with E-state index in [0.29, 0.717) is 0 Å². The molecule has 1 aromatic heterocycles. The van der Waals surface area contributed by atoms with Crippen molar-refractivity contribution in [3.8, 4) is 5.75 Å². The van der Waals surface area contributed by atoms with Crippen LogP contribution in [0.25, 0.3) is 0 Å². The fourth-order valence-electron chi connectivity index (χ4n) is 2.73. The number of amides is 1. The van der Waals surface area contributed by atoms with Crippen molar-refractivity contribution in [3.63, 3.8) is 0 Å². The van der Waals surface area contributed by atoms with Crippen LogP contribution in [0, 0.1) is 0 Å². The Kier molecular flexibility index (Phi) is 4.45. The van der Waals surface area contributed by atoms with Crippen molar-refractivity contribution >= 4 is 22.9 Å². The van der Waals surface area contributed by atoms with Crippen LogP contribution < -0.4 is 15.4 Å². The number of carbonyl (C=O) groups excluding carboxylic acids is 1. The maximum atomic E-state index is 12.1. The summed E-state index contributed by atoms with van der Waals surface area (Å²) in [5, 5.41) is 8.36. The number of benzene rings is 1. The molecule has 22 heavy (non-hydrogen) atoms. The Morgan fingerprint density at radius 3 is 2.95 bits per heavy atom. The minimum Gasteiger partial charge on any atom is -0.478 e. The Balaban J connectivity index is 1.88. The average molecular weight is 316 g/mol. The molecule has 2 heterocycles. The molecule has 0 bridgehead atoms. The first kappa shape index (κ1) is 15.1. The molecule has 0 fully saturated rings. The number of hydrogen-bond acceptors (Lipinski definition) is 4. The molecule has 0 aliphatic carbocycles. The fourth-order valence-corrected chi connectivity index (χ4v) is 3.59. The minimum atomic E-state index is -0.374. The molecule has 1 aliphatic heterocycles. The lowest BCUT2D eigenvalue weighted by Gasteiger charge is -2.27. The van der Waals surface area contributed by atoms with Crippen LogP contribution in [0.2, 0.25) is 0 Å². The Labute approximate surface area is 134 Å². The van der Waals surface area contributed by atoms with Crippen LogP contribution in [0.5, 0.6) is 5.75 Å².